The summed E-state index contributed by atoms with van der Waals surface area (Å²) in [6.07, 6.45) is -0.000625. The van der Waals surface area contributed by atoms with Crippen LogP contribution in [0.2, 0.25) is 0 Å². The summed E-state index contributed by atoms with van der Waals surface area (Å²) in [7, 11) is 0. The summed E-state index contributed by atoms with van der Waals surface area (Å²) >= 11 is 0. The lowest BCUT2D eigenvalue weighted by molar-refractivity contribution is -0.138. The van der Waals surface area contributed by atoms with Crippen molar-refractivity contribution in [3.05, 3.63) is 0 Å². The Bertz CT molecular complexity index is 286. The van der Waals surface area contributed by atoms with Gasteiger partial charge in [-0.1, -0.05) is 6.92 Å². The van der Waals surface area contributed by atoms with Gasteiger partial charge in [-0.15, -0.1) is 0 Å². The molecule has 0 heterocycles. The molecule has 0 saturated heterocycles. The van der Waals surface area contributed by atoms with Gasteiger partial charge in [0.15, 0.2) is 0 Å². The fourth-order valence-corrected chi connectivity index (χ4v) is 1.34. The van der Waals surface area contributed by atoms with Crippen LogP contribution in [0.1, 0.15) is 20.3 Å². The third kappa shape index (κ3) is 5.98. The maximum atomic E-state index is 11.3. The maximum Gasteiger partial charge on any atom is 0.304 e. The molecule has 0 bridgehead atoms. The Morgan fingerprint density at radius 1 is 1.56 bits per heavy atom. The fraction of sp³-hybridized carbons (Fsp3) is 0.700. The second-order valence-electron chi connectivity index (χ2n) is 3.44. The van der Waals surface area contributed by atoms with E-state index in [0.717, 1.165) is 0 Å². The second-order valence-corrected chi connectivity index (χ2v) is 3.44. The number of likely N-dealkylation sites (N-methyl/N-ethyl adjacent to an activating group) is 1. The monoisotopic (exact) mass is 227 g/mol. The maximum absolute atomic E-state index is 11.3. The smallest absolute Gasteiger partial charge is 0.304 e. The van der Waals surface area contributed by atoms with E-state index in [1.54, 1.807) is 17.9 Å². The van der Waals surface area contributed by atoms with Crippen LogP contribution >= 0.6 is 0 Å². The largest absolute Gasteiger partial charge is 0.481 e. The highest BCUT2D eigenvalue weighted by molar-refractivity contribution is 5.78. The van der Waals surface area contributed by atoms with Crippen LogP contribution in [0, 0.1) is 11.3 Å². The first-order chi connectivity index (χ1) is 7.51. The van der Waals surface area contributed by atoms with Gasteiger partial charge in [-0.3, -0.25) is 14.5 Å². The van der Waals surface area contributed by atoms with E-state index < -0.39 is 5.97 Å². The number of nitrogens with one attached hydrogen (secondary N) is 1. The van der Waals surface area contributed by atoms with Crippen molar-refractivity contribution in [3.63, 3.8) is 0 Å². The Morgan fingerprint density at radius 3 is 2.62 bits per heavy atom. The average molecular weight is 227 g/mol. The molecule has 90 valence electrons. The molecule has 6 heteroatoms. The van der Waals surface area contributed by atoms with E-state index >= 15 is 0 Å². The molecule has 0 aromatic carbocycles. The zero-order valence-corrected chi connectivity index (χ0v) is 9.56. The summed E-state index contributed by atoms with van der Waals surface area (Å²) in [6, 6.07) is 1.61. The van der Waals surface area contributed by atoms with Gasteiger partial charge in [0.25, 0.3) is 0 Å². The topological polar surface area (TPSA) is 93.4 Å². The molecule has 0 aliphatic rings. The normalized spacial score (nSPS) is 11.9. The molecule has 1 unspecified atom stereocenters. The van der Waals surface area contributed by atoms with E-state index in [1.807, 2.05) is 6.92 Å². The van der Waals surface area contributed by atoms with Gasteiger partial charge in [-0.2, -0.15) is 5.26 Å². The van der Waals surface area contributed by atoms with Gasteiger partial charge in [0.1, 0.15) is 6.54 Å². The minimum atomic E-state index is -0.886. The molecule has 0 rings (SSSR count). The Hall–Kier alpha value is -1.61. The minimum Gasteiger partial charge on any atom is -0.481 e. The number of carbonyl (C=O) groups excluding carboxylic acids is 1. The standard InChI is InChI=1S/C10H17N3O3/c1-3-13(8(2)6-10(15)16)7-9(14)12-5-4-11/h8H,3,5-7H2,1-2H3,(H,12,14)(H,15,16). The predicted octanol–water partition coefficient (Wildman–Crippen LogP) is -0.189. The molecule has 1 amide bonds. The number of amides is 1. The number of aliphatic carboxylic acids is 1. The van der Waals surface area contributed by atoms with Crippen molar-refractivity contribution >= 4 is 11.9 Å². The first-order valence-corrected chi connectivity index (χ1v) is 5.10. The van der Waals surface area contributed by atoms with Gasteiger partial charge in [-0.25, -0.2) is 0 Å². The van der Waals surface area contributed by atoms with Gasteiger partial charge in [0.05, 0.1) is 19.0 Å². The molecule has 0 saturated carbocycles. The predicted molar refractivity (Wildman–Crippen MR) is 57.6 cm³/mol. The second kappa shape index (κ2) is 7.65. The zero-order chi connectivity index (χ0) is 12.6. The molecule has 0 spiro atoms. The average Bonchev–Trinajstić information content (AvgIpc) is 2.21. The summed E-state index contributed by atoms with van der Waals surface area (Å²) in [5.74, 6) is -1.15. The van der Waals surface area contributed by atoms with Crippen molar-refractivity contribution < 1.29 is 14.7 Å². The molecule has 0 radical (unpaired) electrons. The Kier molecular flexibility index (Phi) is 6.88. The number of carbonyl (C=O) groups is 2. The molecular weight excluding hydrogens is 210 g/mol. The molecule has 2 N–H and O–H groups in total. The molecule has 0 aromatic heterocycles. The van der Waals surface area contributed by atoms with Crippen molar-refractivity contribution in [2.75, 3.05) is 19.6 Å². The van der Waals surface area contributed by atoms with E-state index in [4.69, 9.17) is 10.4 Å². The van der Waals surface area contributed by atoms with E-state index in [2.05, 4.69) is 5.32 Å². The number of nitrogens with zero attached hydrogens (tertiary/aromatic N) is 2. The molecule has 0 fully saturated rings. The van der Waals surface area contributed by atoms with Crippen LogP contribution < -0.4 is 5.32 Å². The van der Waals surface area contributed by atoms with Crippen molar-refractivity contribution in [2.45, 2.75) is 26.3 Å². The fourth-order valence-electron chi connectivity index (χ4n) is 1.34. The van der Waals surface area contributed by atoms with Gasteiger partial charge in [-0.05, 0) is 13.5 Å². The molecule has 0 aliphatic carbocycles. The molecular formula is C10H17N3O3. The lowest BCUT2D eigenvalue weighted by Gasteiger charge is -2.25. The Morgan fingerprint density at radius 2 is 2.19 bits per heavy atom. The van der Waals surface area contributed by atoms with Crippen LogP contribution in [-0.4, -0.2) is 47.6 Å². The third-order valence-electron chi connectivity index (χ3n) is 2.21. The number of rotatable bonds is 7. The van der Waals surface area contributed by atoms with Gasteiger partial charge < -0.3 is 10.4 Å². The van der Waals surface area contributed by atoms with Crippen molar-refractivity contribution in [1.29, 1.82) is 5.26 Å². The quantitative estimate of drug-likeness (QED) is 0.588. The first kappa shape index (κ1) is 14.4. The van der Waals surface area contributed by atoms with Crippen LogP contribution in [0.4, 0.5) is 0 Å². The van der Waals surface area contributed by atoms with Crippen LogP contribution in [-0.2, 0) is 9.59 Å². The zero-order valence-electron chi connectivity index (χ0n) is 9.56. The lowest BCUT2D eigenvalue weighted by Crippen LogP contribution is -2.42. The Labute approximate surface area is 94.8 Å². The lowest BCUT2D eigenvalue weighted by atomic mass is 10.2. The summed E-state index contributed by atoms with van der Waals surface area (Å²) in [5.41, 5.74) is 0. The summed E-state index contributed by atoms with van der Waals surface area (Å²) in [6.45, 7) is 4.30. The molecule has 6 nitrogen and oxygen atoms in total. The van der Waals surface area contributed by atoms with Crippen LogP contribution in [0.15, 0.2) is 0 Å². The molecule has 1 atom stereocenters. The number of carboxylic acids is 1. The summed E-state index contributed by atoms with van der Waals surface area (Å²) in [4.78, 5) is 23.6. The summed E-state index contributed by atoms with van der Waals surface area (Å²) < 4.78 is 0. The van der Waals surface area contributed by atoms with Gasteiger partial charge in [0, 0.05) is 6.04 Å². The van der Waals surface area contributed by atoms with E-state index in [9.17, 15) is 9.59 Å². The SMILES string of the molecule is CCN(CC(=O)NCC#N)C(C)CC(=O)O. The molecule has 0 aliphatic heterocycles. The molecule has 0 aromatic rings. The Balaban J connectivity index is 4.13. The number of nitriles is 1. The highest BCUT2D eigenvalue weighted by Gasteiger charge is 2.17. The van der Waals surface area contributed by atoms with Crippen LogP contribution in [0.5, 0.6) is 0 Å². The number of hydrogen-bond acceptors (Lipinski definition) is 4. The van der Waals surface area contributed by atoms with Crippen LogP contribution in [0.25, 0.3) is 0 Å². The van der Waals surface area contributed by atoms with Gasteiger partial charge >= 0.3 is 5.97 Å². The van der Waals surface area contributed by atoms with Gasteiger partial charge in [0.2, 0.25) is 5.91 Å². The van der Waals surface area contributed by atoms with E-state index in [-0.39, 0.29) is 31.5 Å². The molecule has 16 heavy (non-hydrogen) atoms. The summed E-state index contributed by atoms with van der Waals surface area (Å²) in [5, 5.41) is 19.3. The third-order valence-corrected chi connectivity index (χ3v) is 2.21. The number of carboxylic acid groups (broad SMARTS) is 1. The minimum absolute atomic E-state index is 0.000625. The highest BCUT2D eigenvalue weighted by Crippen LogP contribution is 2.02. The van der Waals surface area contributed by atoms with Crippen molar-refractivity contribution in [1.82, 2.24) is 10.2 Å². The van der Waals surface area contributed by atoms with E-state index in [1.165, 1.54) is 0 Å². The first-order valence-electron chi connectivity index (χ1n) is 5.10. The van der Waals surface area contributed by atoms with Crippen molar-refractivity contribution in [3.8, 4) is 6.07 Å². The number of hydrogen-bond donors (Lipinski definition) is 2. The highest BCUT2D eigenvalue weighted by atomic mass is 16.4. The van der Waals surface area contributed by atoms with E-state index in [0.29, 0.717) is 6.54 Å². The van der Waals surface area contributed by atoms with Crippen LogP contribution in [0.3, 0.4) is 0 Å². The van der Waals surface area contributed by atoms with Crippen molar-refractivity contribution in [2.24, 2.45) is 0 Å².